The summed E-state index contributed by atoms with van der Waals surface area (Å²) in [6.45, 7) is -0.589. The van der Waals surface area contributed by atoms with Gasteiger partial charge in [0.05, 0.1) is 36.4 Å². The van der Waals surface area contributed by atoms with Crippen LogP contribution in [-0.4, -0.2) is 108 Å². The van der Waals surface area contributed by atoms with Crippen molar-refractivity contribution in [1.29, 1.82) is 0 Å². The number of ether oxygens (including phenoxy) is 2. The number of nitrogens with one attached hydrogen (secondary N) is 2. The van der Waals surface area contributed by atoms with Gasteiger partial charge in [0.25, 0.3) is 0 Å². The van der Waals surface area contributed by atoms with Crippen LogP contribution in [0.3, 0.4) is 0 Å². The van der Waals surface area contributed by atoms with Gasteiger partial charge in [-0.05, 0) is 72.6 Å². The van der Waals surface area contributed by atoms with E-state index in [2.05, 4.69) is 10.6 Å². The molecule has 294 valence electrons. The maximum Gasteiger partial charge on any atom is 0.229 e. The van der Waals surface area contributed by atoms with Gasteiger partial charge in [-0.3, -0.25) is 9.59 Å². The van der Waals surface area contributed by atoms with Gasteiger partial charge in [0, 0.05) is 24.0 Å². The Kier molecular flexibility index (Phi) is 11.8. The van der Waals surface area contributed by atoms with Crippen molar-refractivity contribution in [3.63, 3.8) is 0 Å². The molecule has 15 heteroatoms. The highest BCUT2D eigenvalue weighted by Crippen LogP contribution is 2.57. The van der Waals surface area contributed by atoms with Crippen molar-refractivity contribution < 1.29 is 54.8 Å². The second kappa shape index (κ2) is 16.5. The van der Waals surface area contributed by atoms with Gasteiger partial charge in [0.15, 0.2) is 11.6 Å². The van der Waals surface area contributed by atoms with E-state index in [1.54, 1.807) is 12.1 Å². The summed E-state index contributed by atoms with van der Waals surface area (Å²) in [5.41, 5.74) is -1.19. The molecule has 6 bridgehead atoms. The van der Waals surface area contributed by atoms with Crippen molar-refractivity contribution in [2.75, 3.05) is 25.6 Å². The number of rotatable bonds is 7. The number of hydrogen-bond donors (Lipinski definition) is 9. The number of Topliss-reactive ketones (excluding diaryl/α,β-unsaturated/α-hetero) is 2. The smallest absolute Gasteiger partial charge is 0.229 e. The normalized spacial score (nSPS) is 32.2. The highest BCUT2D eigenvalue weighted by molar-refractivity contribution is 8.76. The maximum atomic E-state index is 15.4. The van der Waals surface area contributed by atoms with Gasteiger partial charge in [-0.1, -0.05) is 70.1 Å². The molecule has 0 unspecified atom stereocenters. The minimum Gasteiger partial charge on any atom is -0.511 e. The zero-order valence-corrected chi connectivity index (χ0v) is 31.6. The van der Waals surface area contributed by atoms with Crippen LogP contribution >= 0.6 is 21.6 Å². The van der Waals surface area contributed by atoms with E-state index in [-0.39, 0.29) is 61.5 Å². The fourth-order valence-electron chi connectivity index (χ4n) is 8.31. The molecule has 1 saturated heterocycles. The van der Waals surface area contributed by atoms with Gasteiger partial charge in [-0.15, -0.1) is 0 Å². The second-order valence-electron chi connectivity index (χ2n) is 14.5. The maximum absolute atomic E-state index is 15.4. The highest BCUT2D eigenvalue weighted by atomic mass is 33.1. The van der Waals surface area contributed by atoms with E-state index < -0.39 is 65.0 Å². The zero-order valence-electron chi connectivity index (χ0n) is 30.0. The first kappa shape index (κ1) is 39.6. The Balaban J connectivity index is 1.37. The van der Waals surface area contributed by atoms with Gasteiger partial charge >= 0.3 is 0 Å². The van der Waals surface area contributed by atoms with E-state index in [0.717, 1.165) is 11.1 Å². The van der Waals surface area contributed by atoms with Gasteiger partial charge in [0.1, 0.15) is 40.8 Å². The van der Waals surface area contributed by atoms with Crippen LogP contribution in [0.2, 0.25) is 0 Å². The summed E-state index contributed by atoms with van der Waals surface area (Å²) in [6.07, 6.45) is 1.38. The summed E-state index contributed by atoms with van der Waals surface area (Å²) in [5.74, 6) is -1.63. The molecule has 8 atom stereocenters. The first-order valence-electron chi connectivity index (χ1n) is 18.4. The van der Waals surface area contributed by atoms with Gasteiger partial charge < -0.3 is 55.9 Å². The number of dihydropyridines is 1. The molecule has 3 heterocycles. The number of aliphatic hydroxyl groups is 7. The molecular formula is C40H46N2O11S2. The Bertz CT molecular complexity index is 1930. The van der Waals surface area contributed by atoms with Crippen LogP contribution in [0.4, 0.5) is 0 Å². The van der Waals surface area contributed by atoms with Crippen LogP contribution in [0.15, 0.2) is 89.5 Å². The van der Waals surface area contributed by atoms with Crippen LogP contribution in [0.5, 0.6) is 5.75 Å². The van der Waals surface area contributed by atoms with E-state index in [4.69, 9.17) is 9.47 Å². The standard InChI is InChI=1S/C40H46N2O11S2/c43-13-3-8-31-40-27(16-25(17-30(40)46)15-23-4-1-5-24(14-23)19-44)34(47)26-6-2-7-28(33(26)36(40)49)52-38-37(50)39(51,35(48)29(20-45)53-38)11-9-22-10-12-41-32(18-22)42-21-54-55-31/h1-2,4-7,10,14,16-18,27,29,31,35,37-38,41-46,48,50-51H,3,8-9,11-13,15,19-21H2/t27-,29-,31+,35-,37+,38-,39+,40+/m1/s1. The molecule has 2 aromatic rings. The lowest BCUT2D eigenvalue weighted by Gasteiger charge is -2.49. The third kappa shape index (κ3) is 7.26. The molecule has 3 aliphatic heterocycles. The molecule has 9 N–H and O–H groups in total. The summed E-state index contributed by atoms with van der Waals surface area (Å²) in [4.78, 5) is 30.3. The SMILES string of the molecule is O=C1c2cccc3c2C(=O)[C@@]2(C(O)=CC(Cc4cccc(CO)c4)=C[C@H]12)[C@H](CCCO)SSCNC1=CC(=CCN1)CC[C@]1(O)[C@H](O)[C@@H](CO)O[C@@H](O3)[C@@H]1O. The van der Waals surface area contributed by atoms with Crippen LogP contribution in [0.1, 0.15) is 57.5 Å². The van der Waals surface area contributed by atoms with Crippen LogP contribution in [0.25, 0.3) is 0 Å². The summed E-state index contributed by atoms with van der Waals surface area (Å²) in [7, 11) is 2.73. The van der Waals surface area contributed by atoms with Crippen LogP contribution in [0, 0.1) is 11.3 Å². The molecule has 5 aliphatic rings. The first-order chi connectivity index (χ1) is 26.5. The van der Waals surface area contributed by atoms with E-state index in [1.165, 1.54) is 45.9 Å². The summed E-state index contributed by atoms with van der Waals surface area (Å²) in [5, 5.41) is 82.7. The molecule has 7 rings (SSSR count). The molecule has 0 amide bonds. The van der Waals surface area contributed by atoms with Gasteiger partial charge in [0.2, 0.25) is 6.29 Å². The molecule has 1 spiro atoms. The Morgan fingerprint density at radius 3 is 2.56 bits per heavy atom. The lowest BCUT2D eigenvalue weighted by molar-refractivity contribution is -0.315. The lowest BCUT2D eigenvalue weighted by atomic mass is 9.57. The van der Waals surface area contributed by atoms with Crippen molar-refractivity contribution in [1.82, 2.24) is 10.6 Å². The predicted molar refractivity (Wildman–Crippen MR) is 206 cm³/mol. The number of ketones is 2. The lowest BCUT2D eigenvalue weighted by Crippen LogP contribution is -2.68. The molecule has 2 aliphatic carbocycles. The van der Waals surface area contributed by atoms with E-state index >= 15 is 4.79 Å². The first-order valence-corrected chi connectivity index (χ1v) is 20.7. The number of carbonyl (C=O) groups excluding carboxylic acids is 2. The van der Waals surface area contributed by atoms with Crippen molar-refractivity contribution in [2.24, 2.45) is 11.3 Å². The quantitative estimate of drug-likeness (QED) is 0.184. The average molecular weight is 795 g/mol. The van der Waals surface area contributed by atoms with Crippen LogP contribution in [-0.2, 0) is 17.8 Å². The van der Waals surface area contributed by atoms with Crippen LogP contribution < -0.4 is 15.4 Å². The molecule has 1 fully saturated rings. The Morgan fingerprint density at radius 2 is 1.78 bits per heavy atom. The molecule has 0 aromatic heterocycles. The van der Waals surface area contributed by atoms with Crippen molar-refractivity contribution >= 4 is 33.2 Å². The topological polar surface area (TPSA) is 218 Å². The Labute approximate surface area is 326 Å². The minimum atomic E-state index is -2.21. The van der Waals surface area contributed by atoms with Crippen molar-refractivity contribution in [2.45, 2.75) is 74.2 Å². The predicted octanol–water partition coefficient (Wildman–Crippen LogP) is 2.57. The number of aliphatic hydroxyl groups excluding tert-OH is 6. The van der Waals surface area contributed by atoms with Gasteiger partial charge in [-0.25, -0.2) is 0 Å². The molecule has 0 radical (unpaired) electrons. The molecular weight excluding hydrogens is 749 g/mol. The number of carbonyl (C=O) groups is 2. The minimum absolute atomic E-state index is 0.0300. The zero-order chi connectivity index (χ0) is 38.9. The van der Waals surface area contributed by atoms with Crippen molar-refractivity contribution in [3.05, 3.63) is 112 Å². The third-order valence-corrected chi connectivity index (χ3v) is 13.9. The fraction of sp³-hybridized carbons (Fsp3) is 0.450. The highest BCUT2D eigenvalue weighted by Gasteiger charge is 2.62. The average Bonchev–Trinajstić information content (AvgIpc) is 3.19. The summed E-state index contributed by atoms with van der Waals surface area (Å²) < 4.78 is 12.0. The van der Waals surface area contributed by atoms with E-state index in [1.807, 2.05) is 30.4 Å². The van der Waals surface area contributed by atoms with Crippen molar-refractivity contribution in [3.8, 4) is 5.75 Å². The number of benzene rings is 2. The summed E-state index contributed by atoms with van der Waals surface area (Å²) in [6, 6.07) is 11.8. The Morgan fingerprint density at radius 1 is 0.982 bits per heavy atom. The molecule has 2 aromatic carbocycles. The third-order valence-electron chi connectivity index (χ3n) is 11.2. The monoisotopic (exact) mass is 794 g/mol. The number of hydrogen-bond acceptors (Lipinski definition) is 15. The summed E-state index contributed by atoms with van der Waals surface area (Å²) >= 11 is 0. The molecule has 55 heavy (non-hydrogen) atoms. The second-order valence-corrected chi connectivity index (χ2v) is 17.0. The van der Waals surface area contributed by atoms with E-state index in [0.29, 0.717) is 35.8 Å². The number of fused-ring (bicyclic) bond motifs is 3. The number of allylic oxidation sites excluding steroid dienone is 6. The molecule has 13 nitrogen and oxygen atoms in total. The van der Waals surface area contributed by atoms with E-state index in [9.17, 15) is 40.5 Å². The van der Waals surface area contributed by atoms with Gasteiger partial charge in [-0.2, -0.15) is 0 Å². The largest absolute Gasteiger partial charge is 0.511 e. The Hall–Kier alpha value is -3.64. The molecule has 0 saturated carbocycles. The fourth-order valence-corrected chi connectivity index (χ4v) is 11.2.